The lowest BCUT2D eigenvalue weighted by Crippen LogP contribution is -2.32. The third kappa shape index (κ3) is 5.40. The van der Waals surface area contributed by atoms with Gasteiger partial charge in [-0.1, -0.05) is 51.8 Å². The Bertz CT molecular complexity index is 897. The molecule has 0 aromatic heterocycles. The molecule has 0 aliphatic heterocycles. The smallest absolute Gasteiger partial charge is 0.240 e. The third-order valence-corrected chi connectivity index (χ3v) is 6.36. The van der Waals surface area contributed by atoms with Crippen LogP contribution in [0.15, 0.2) is 51.8 Å². The summed E-state index contributed by atoms with van der Waals surface area (Å²) in [6.45, 7) is 5.60. The zero-order valence-electron chi connectivity index (χ0n) is 15.0. The molecule has 2 aromatic rings. The highest BCUT2D eigenvalue weighted by molar-refractivity contribution is 9.10. The predicted octanol–water partition coefficient (Wildman–Crippen LogP) is 3.61. The molecule has 0 heterocycles. The van der Waals surface area contributed by atoms with Crippen LogP contribution in [0.5, 0.6) is 0 Å². The Morgan fingerprint density at radius 3 is 2.50 bits per heavy atom. The van der Waals surface area contributed by atoms with Crippen molar-refractivity contribution in [1.29, 1.82) is 0 Å². The van der Waals surface area contributed by atoms with Crippen LogP contribution in [0.25, 0.3) is 0 Å². The molecule has 140 valence electrons. The van der Waals surface area contributed by atoms with Crippen molar-refractivity contribution in [3.63, 3.8) is 0 Å². The average molecular weight is 439 g/mol. The average Bonchev–Trinajstić information content (AvgIpc) is 2.54. The number of carbonyl (C=O) groups excluding carboxylic acids is 1. The molecule has 1 amide bonds. The first-order valence-electron chi connectivity index (χ1n) is 8.31. The first kappa shape index (κ1) is 20.6. The molecule has 1 atom stereocenters. The number of benzene rings is 2. The van der Waals surface area contributed by atoms with Crippen molar-refractivity contribution in [2.75, 3.05) is 6.54 Å². The van der Waals surface area contributed by atoms with Crippen LogP contribution in [0.4, 0.5) is 0 Å². The maximum atomic E-state index is 12.4. The number of nitrogens with one attached hydrogen (secondary N) is 2. The van der Waals surface area contributed by atoms with Gasteiger partial charge in [-0.05, 0) is 44.0 Å². The minimum absolute atomic E-state index is 0.0458. The van der Waals surface area contributed by atoms with Crippen molar-refractivity contribution >= 4 is 31.9 Å². The Hall–Kier alpha value is -1.70. The summed E-state index contributed by atoms with van der Waals surface area (Å²) in [5.41, 5.74) is 2.66. The number of rotatable bonds is 7. The van der Waals surface area contributed by atoms with E-state index in [0.717, 1.165) is 15.6 Å². The molecule has 0 spiro atoms. The van der Waals surface area contributed by atoms with E-state index < -0.39 is 10.0 Å². The molecule has 0 fully saturated rings. The molecule has 5 nitrogen and oxygen atoms in total. The van der Waals surface area contributed by atoms with Gasteiger partial charge in [0.1, 0.15) is 0 Å². The molecule has 26 heavy (non-hydrogen) atoms. The zero-order chi connectivity index (χ0) is 19.3. The van der Waals surface area contributed by atoms with Crippen LogP contribution in [0.2, 0.25) is 0 Å². The third-order valence-electron chi connectivity index (χ3n) is 4.01. The van der Waals surface area contributed by atoms with Crippen LogP contribution in [0.3, 0.4) is 0 Å². The van der Waals surface area contributed by atoms with Crippen LogP contribution >= 0.6 is 15.9 Å². The quantitative estimate of drug-likeness (QED) is 0.692. The van der Waals surface area contributed by atoms with Crippen molar-refractivity contribution in [2.24, 2.45) is 0 Å². The van der Waals surface area contributed by atoms with Gasteiger partial charge in [-0.3, -0.25) is 4.79 Å². The lowest BCUT2D eigenvalue weighted by Gasteiger charge is -2.16. The Labute approximate surface area is 163 Å². The van der Waals surface area contributed by atoms with Crippen molar-refractivity contribution in [3.8, 4) is 0 Å². The molecular weight excluding hydrogens is 416 g/mol. The number of carbonyl (C=O) groups is 1. The lowest BCUT2D eigenvalue weighted by molar-refractivity contribution is -0.121. The molecule has 2 rings (SSSR count). The monoisotopic (exact) mass is 438 g/mol. The van der Waals surface area contributed by atoms with E-state index in [2.05, 4.69) is 26.0 Å². The summed E-state index contributed by atoms with van der Waals surface area (Å²) in [5.74, 6) is -0.211. The van der Waals surface area contributed by atoms with Crippen molar-refractivity contribution in [2.45, 2.75) is 38.1 Å². The summed E-state index contributed by atoms with van der Waals surface area (Å²) < 4.78 is 28.2. The normalized spacial score (nSPS) is 12.6. The molecule has 0 aliphatic rings. The van der Waals surface area contributed by atoms with Gasteiger partial charge in [0.15, 0.2) is 0 Å². The van der Waals surface area contributed by atoms with Crippen LogP contribution in [-0.4, -0.2) is 20.9 Å². The van der Waals surface area contributed by atoms with E-state index in [4.69, 9.17) is 0 Å². The molecule has 1 unspecified atom stereocenters. The molecule has 0 saturated heterocycles. The Balaban J connectivity index is 1.90. The highest BCUT2D eigenvalue weighted by atomic mass is 79.9. The van der Waals surface area contributed by atoms with Gasteiger partial charge >= 0.3 is 0 Å². The minimum atomic E-state index is -3.63. The predicted molar refractivity (Wildman–Crippen MR) is 106 cm³/mol. The second-order valence-electron chi connectivity index (χ2n) is 6.23. The number of hydrogen-bond donors (Lipinski definition) is 2. The molecule has 0 aliphatic carbocycles. The fourth-order valence-electron chi connectivity index (χ4n) is 2.70. The van der Waals surface area contributed by atoms with Gasteiger partial charge in [-0.25, -0.2) is 13.1 Å². The topological polar surface area (TPSA) is 75.3 Å². The lowest BCUT2D eigenvalue weighted by atomic mass is 10.1. The van der Waals surface area contributed by atoms with Gasteiger partial charge in [-0.2, -0.15) is 0 Å². The summed E-state index contributed by atoms with van der Waals surface area (Å²) in [5, 5.41) is 2.88. The number of aryl methyl sites for hydroxylation is 2. The highest BCUT2D eigenvalue weighted by Gasteiger charge is 2.17. The number of hydrogen-bond acceptors (Lipinski definition) is 3. The summed E-state index contributed by atoms with van der Waals surface area (Å²) in [6.07, 6.45) is 0.0684. The van der Waals surface area contributed by atoms with Gasteiger partial charge in [-0.15, -0.1) is 0 Å². The van der Waals surface area contributed by atoms with E-state index in [1.807, 2.05) is 44.2 Å². The van der Waals surface area contributed by atoms with E-state index in [1.54, 1.807) is 19.1 Å². The SMILES string of the molecule is Cc1ccc(S(=O)(=O)NCCC(=O)NC(C)c2ccccc2Br)c(C)c1. The molecule has 7 heteroatoms. The number of halogens is 1. The van der Waals surface area contributed by atoms with E-state index in [9.17, 15) is 13.2 Å². The Morgan fingerprint density at radius 1 is 1.15 bits per heavy atom. The summed E-state index contributed by atoms with van der Waals surface area (Å²) in [6, 6.07) is 12.6. The van der Waals surface area contributed by atoms with E-state index in [1.165, 1.54) is 0 Å². The van der Waals surface area contributed by atoms with Gasteiger partial charge in [0, 0.05) is 17.4 Å². The maximum Gasteiger partial charge on any atom is 0.240 e. The van der Waals surface area contributed by atoms with Crippen molar-refractivity contribution in [3.05, 3.63) is 63.6 Å². The molecule has 2 N–H and O–H groups in total. The molecular formula is C19H23BrN2O3S. The zero-order valence-corrected chi connectivity index (χ0v) is 17.4. The van der Waals surface area contributed by atoms with Crippen LogP contribution in [0, 0.1) is 13.8 Å². The van der Waals surface area contributed by atoms with Crippen LogP contribution < -0.4 is 10.0 Å². The van der Waals surface area contributed by atoms with Gasteiger partial charge in [0.05, 0.1) is 10.9 Å². The van der Waals surface area contributed by atoms with Gasteiger partial charge in [0.25, 0.3) is 0 Å². The molecule has 0 saturated carbocycles. The van der Waals surface area contributed by atoms with Gasteiger partial charge in [0.2, 0.25) is 15.9 Å². The highest BCUT2D eigenvalue weighted by Crippen LogP contribution is 2.22. The fraction of sp³-hybridized carbons (Fsp3) is 0.316. The first-order chi connectivity index (χ1) is 12.2. The second-order valence-corrected chi connectivity index (χ2v) is 8.82. The van der Waals surface area contributed by atoms with Crippen molar-refractivity contribution < 1.29 is 13.2 Å². The van der Waals surface area contributed by atoms with Gasteiger partial charge < -0.3 is 5.32 Å². The second kappa shape index (κ2) is 8.79. The molecule has 0 radical (unpaired) electrons. The standard InChI is InChI=1S/C19H23BrN2O3S/c1-13-8-9-18(14(2)12-13)26(24,25)21-11-10-19(23)22-15(3)16-6-4-5-7-17(16)20/h4-9,12,15,21H,10-11H2,1-3H3,(H,22,23). The molecule has 2 aromatic carbocycles. The van der Waals surface area contributed by atoms with Crippen LogP contribution in [-0.2, 0) is 14.8 Å². The van der Waals surface area contributed by atoms with E-state index >= 15 is 0 Å². The van der Waals surface area contributed by atoms with Crippen LogP contribution in [0.1, 0.15) is 36.1 Å². The summed E-state index contributed by atoms with van der Waals surface area (Å²) in [4.78, 5) is 12.4. The first-order valence-corrected chi connectivity index (χ1v) is 10.6. The van der Waals surface area contributed by atoms with E-state index in [0.29, 0.717) is 5.56 Å². The fourth-order valence-corrected chi connectivity index (χ4v) is 4.58. The van der Waals surface area contributed by atoms with E-state index in [-0.39, 0.29) is 29.8 Å². The Kier molecular flexibility index (Phi) is 6.97. The summed E-state index contributed by atoms with van der Waals surface area (Å²) in [7, 11) is -3.63. The number of amides is 1. The largest absolute Gasteiger partial charge is 0.350 e. The Morgan fingerprint density at radius 2 is 1.85 bits per heavy atom. The minimum Gasteiger partial charge on any atom is -0.350 e. The molecule has 0 bridgehead atoms. The summed E-state index contributed by atoms with van der Waals surface area (Å²) >= 11 is 3.46. The maximum absolute atomic E-state index is 12.4. The van der Waals surface area contributed by atoms with Crippen molar-refractivity contribution in [1.82, 2.24) is 10.0 Å². The number of sulfonamides is 1.